The lowest BCUT2D eigenvalue weighted by atomic mass is 10.00. The van der Waals surface area contributed by atoms with Crippen LogP contribution in [0.5, 0.6) is 17.2 Å². The van der Waals surface area contributed by atoms with E-state index in [2.05, 4.69) is 27.2 Å². The molecule has 2 aromatic heterocycles. The molecule has 12 heteroatoms. The summed E-state index contributed by atoms with van der Waals surface area (Å²) in [6.45, 7) is 3.79. The van der Waals surface area contributed by atoms with Crippen LogP contribution in [0, 0.1) is 5.82 Å². The van der Waals surface area contributed by atoms with Gasteiger partial charge in [-0.2, -0.15) is 13.2 Å². The van der Waals surface area contributed by atoms with Crippen molar-refractivity contribution in [2.75, 3.05) is 11.9 Å². The van der Waals surface area contributed by atoms with Crippen molar-refractivity contribution in [2.45, 2.75) is 19.5 Å². The van der Waals surface area contributed by atoms with Crippen molar-refractivity contribution in [3.8, 4) is 28.4 Å². The van der Waals surface area contributed by atoms with Gasteiger partial charge >= 0.3 is 6.18 Å². The first-order valence-corrected chi connectivity index (χ1v) is 13.5. The van der Waals surface area contributed by atoms with E-state index in [1.54, 1.807) is 50.4 Å². The van der Waals surface area contributed by atoms with Crippen LogP contribution in [-0.2, 0) is 13.5 Å². The third-order valence-electron chi connectivity index (χ3n) is 6.65. The fourth-order valence-electron chi connectivity index (χ4n) is 4.52. The van der Waals surface area contributed by atoms with Gasteiger partial charge in [-0.3, -0.25) is 9.78 Å². The number of hydrogen-bond acceptors (Lipinski definition) is 6. The topological polar surface area (TPSA) is 90.3 Å². The smallest absolute Gasteiger partial charge is 0.422 e. The Morgan fingerprint density at radius 1 is 1.05 bits per heavy atom. The molecular formula is C32H27F4N5O3. The monoisotopic (exact) mass is 605 g/mol. The number of aromatic nitrogens is 3. The number of anilines is 2. The average molecular weight is 606 g/mol. The summed E-state index contributed by atoms with van der Waals surface area (Å²) in [5.41, 5.74) is 3.37. The van der Waals surface area contributed by atoms with Crippen LogP contribution in [0.2, 0.25) is 0 Å². The van der Waals surface area contributed by atoms with Crippen molar-refractivity contribution < 1.29 is 31.8 Å². The number of ether oxygens (including phenoxy) is 2. The molecule has 44 heavy (non-hydrogen) atoms. The summed E-state index contributed by atoms with van der Waals surface area (Å²) in [7, 11) is 1.81. The van der Waals surface area contributed by atoms with Crippen molar-refractivity contribution >= 4 is 28.6 Å². The Balaban J connectivity index is 1.43. The standard InChI is InChI=1S/C32H27F4N5O3/c1-4-19-14-20(6-9-25(19)33)24-15-21(7-11-29(24)43-18-32(34,35)36)39-31-40-26-16-22(8-10-28(26)41(31)3)44-23-12-13-38-27(17-23)30(42)37-5-2/h5-17H,2,4,18H2,1,3H3,(H,37,42)(H,39,40). The van der Waals surface area contributed by atoms with Gasteiger partial charge in [0.15, 0.2) is 6.61 Å². The molecule has 0 fully saturated rings. The van der Waals surface area contributed by atoms with E-state index in [9.17, 15) is 22.4 Å². The number of alkyl halides is 3. The second-order valence-corrected chi connectivity index (χ2v) is 9.70. The number of carbonyl (C=O) groups is 1. The Hall–Kier alpha value is -5.39. The maximum absolute atomic E-state index is 14.2. The van der Waals surface area contributed by atoms with Gasteiger partial charge in [0.2, 0.25) is 5.95 Å². The third-order valence-corrected chi connectivity index (χ3v) is 6.65. The highest BCUT2D eigenvalue weighted by Gasteiger charge is 2.29. The fourth-order valence-corrected chi connectivity index (χ4v) is 4.52. The Morgan fingerprint density at radius 2 is 1.84 bits per heavy atom. The summed E-state index contributed by atoms with van der Waals surface area (Å²) in [5.74, 6) is 0.515. The van der Waals surface area contributed by atoms with Gasteiger partial charge in [-0.25, -0.2) is 9.37 Å². The number of halogens is 4. The fraction of sp³-hybridized carbons (Fsp3) is 0.156. The van der Waals surface area contributed by atoms with E-state index >= 15 is 0 Å². The van der Waals surface area contributed by atoms with Crippen LogP contribution >= 0.6 is 0 Å². The molecule has 0 aliphatic heterocycles. The predicted octanol–water partition coefficient (Wildman–Crippen LogP) is 7.69. The molecule has 0 saturated heterocycles. The lowest BCUT2D eigenvalue weighted by Gasteiger charge is -2.16. The number of imidazole rings is 1. The molecule has 2 N–H and O–H groups in total. The third kappa shape index (κ3) is 6.80. The van der Waals surface area contributed by atoms with E-state index in [4.69, 9.17) is 9.47 Å². The van der Waals surface area contributed by atoms with E-state index in [0.29, 0.717) is 51.8 Å². The molecule has 0 radical (unpaired) electrons. The zero-order valence-electron chi connectivity index (χ0n) is 23.7. The van der Waals surface area contributed by atoms with E-state index in [1.807, 2.05) is 10.6 Å². The van der Waals surface area contributed by atoms with Gasteiger partial charge in [0.1, 0.15) is 28.8 Å². The van der Waals surface area contributed by atoms with Crippen LogP contribution in [0.25, 0.3) is 22.2 Å². The largest absolute Gasteiger partial charge is 0.483 e. The van der Waals surface area contributed by atoms with Gasteiger partial charge < -0.3 is 24.7 Å². The number of nitrogens with one attached hydrogen (secondary N) is 2. The molecule has 0 spiro atoms. The van der Waals surface area contributed by atoms with Crippen molar-refractivity contribution in [3.05, 3.63) is 103 Å². The zero-order valence-corrected chi connectivity index (χ0v) is 23.7. The molecule has 0 bridgehead atoms. The van der Waals surface area contributed by atoms with Crippen LogP contribution in [0.1, 0.15) is 23.0 Å². The molecule has 0 saturated carbocycles. The molecule has 226 valence electrons. The number of amides is 1. The predicted molar refractivity (Wildman–Crippen MR) is 159 cm³/mol. The molecule has 1 amide bonds. The lowest BCUT2D eigenvalue weighted by Crippen LogP contribution is -2.19. The van der Waals surface area contributed by atoms with Crippen LogP contribution in [0.4, 0.5) is 29.2 Å². The van der Waals surface area contributed by atoms with Gasteiger partial charge in [-0.1, -0.05) is 19.6 Å². The Labute approximate surface area is 250 Å². The number of aryl methyl sites for hydroxylation is 2. The van der Waals surface area contributed by atoms with Crippen LogP contribution in [-0.4, -0.2) is 33.2 Å². The second kappa shape index (κ2) is 12.5. The first kappa shape index (κ1) is 30.1. The maximum Gasteiger partial charge on any atom is 0.422 e. The summed E-state index contributed by atoms with van der Waals surface area (Å²) < 4.78 is 65.9. The summed E-state index contributed by atoms with van der Waals surface area (Å²) in [4.78, 5) is 20.8. The summed E-state index contributed by atoms with van der Waals surface area (Å²) >= 11 is 0. The molecule has 8 nitrogen and oxygen atoms in total. The number of rotatable bonds is 10. The first-order chi connectivity index (χ1) is 21.0. The number of fused-ring (bicyclic) bond motifs is 1. The summed E-state index contributed by atoms with van der Waals surface area (Å²) in [6, 6.07) is 17.5. The van der Waals surface area contributed by atoms with Gasteiger partial charge in [0.05, 0.1) is 11.0 Å². The number of carbonyl (C=O) groups excluding carboxylic acids is 1. The second-order valence-electron chi connectivity index (χ2n) is 9.70. The van der Waals surface area contributed by atoms with Crippen molar-refractivity contribution in [1.82, 2.24) is 19.9 Å². The molecule has 0 unspecified atom stereocenters. The molecule has 0 atom stereocenters. The minimum atomic E-state index is -4.53. The van der Waals surface area contributed by atoms with Crippen molar-refractivity contribution in [2.24, 2.45) is 7.05 Å². The van der Waals surface area contributed by atoms with E-state index < -0.39 is 24.5 Å². The molecule has 3 aromatic carbocycles. The molecule has 0 aliphatic carbocycles. The van der Waals surface area contributed by atoms with Crippen LogP contribution in [0.15, 0.2) is 85.7 Å². The minimum absolute atomic E-state index is 0.00886. The molecule has 0 aliphatic rings. The summed E-state index contributed by atoms with van der Waals surface area (Å²) in [5, 5.41) is 5.67. The van der Waals surface area contributed by atoms with Gasteiger partial charge in [-0.15, -0.1) is 0 Å². The molecular weight excluding hydrogens is 578 g/mol. The highest BCUT2D eigenvalue weighted by molar-refractivity contribution is 5.93. The van der Waals surface area contributed by atoms with E-state index in [1.165, 1.54) is 36.7 Å². The highest BCUT2D eigenvalue weighted by Crippen LogP contribution is 2.36. The average Bonchev–Trinajstić information content (AvgIpc) is 3.30. The quantitative estimate of drug-likeness (QED) is 0.159. The van der Waals surface area contributed by atoms with Crippen LogP contribution in [0.3, 0.4) is 0 Å². The van der Waals surface area contributed by atoms with Gasteiger partial charge in [0, 0.05) is 36.6 Å². The van der Waals surface area contributed by atoms with E-state index in [-0.39, 0.29) is 11.4 Å². The Bertz CT molecular complexity index is 1850. The minimum Gasteiger partial charge on any atom is -0.483 e. The normalized spacial score (nSPS) is 11.3. The lowest BCUT2D eigenvalue weighted by molar-refractivity contribution is -0.153. The van der Waals surface area contributed by atoms with Crippen molar-refractivity contribution in [1.29, 1.82) is 0 Å². The number of pyridine rings is 1. The summed E-state index contributed by atoms with van der Waals surface area (Å²) in [6.07, 6.45) is -1.40. The highest BCUT2D eigenvalue weighted by atomic mass is 19.4. The number of benzene rings is 3. The van der Waals surface area contributed by atoms with Crippen molar-refractivity contribution in [3.63, 3.8) is 0 Å². The first-order valence-electron chi connectivity index (χ1n) is 13.5. The molecule has 2 heterocycles. The Morgan fingerprint density at radius 3 is 2.59 bits per heavy atom. The van der Waals surface area contributed by atoms with Gasteiger partial charge in [-0.05, 0) is 72.3 Å². The maximum atomic E-state index is 14.2. The van der Waals surface area contributed by atoms with Crippen LogP contribution < -0.4 is 20.1 Å². The van der Waals surface area contributed by atoms with E-state index in [0.717, 1.165) is 5.52 Å². The molecule has 5 aromatic rings. The number of nitrogens with zero attached hydrogens (tertiary/aromatic N) is 3. The number of hydrogen-bond donors (Lipinski definition) is 2. The van der Waals surface area contributed by atoms with Gasteiger partial charge in [0.25, 0.3) is 5.91 Å². The molecule has 5 rings (SSSR count). The zero-order chi connectivity index (χ0) is 31.4. The Kier molecular flexibility index (Phi) is 8.52. The SMILES string of the molecule is C=CNC(=O)c1cc(Oc2ccc3c(c2)nc(Nc2ccc(OCC(F)(F)F)c(-c4ccc(F)c(CC)c4)c2)n3C)ccn1.